The van der Waals surface area contributed by atoms with Crippen LogP contribution in [0.15, 0.2) is 72.8 Å². The molecule has 4 aromatic rings. The molecule has 3 amide bonds. The van der Waals surface area contributed by atoms with Crippen LogP contribution in [0.4, 0.5) is 29.7 Å². The Balaban J connectivity index is 0.000000194. The average Bonchev–Trinajstić information content (AvgIpc) is 3.36. The maximum Gasteiger partial charge on any atom is 0.414 e. The number of anilines is 2. The number of hydrogen-bond donors (Lipinski definition) is 1. The largest absolute Gasteiger partial charge is 0.481 e. The van der Waals surface area contributed by atoms with Gasteiger partial charge >= 0.3 is 18.2 Å². The van der Waals surface area contributed by atoms with Crippen LogP contribution in [0.3, 0.4) is 0 Å². The maximum absolute atomic E-state index is 14.2. The third kappa shape index (κ3) is 11.4. The van der Waals surface area contributed by atoms with Crippen LogP contribution in [0.5, 0.6) is 0 Å². The number of carboxylic acid groups (broad SMARTS) is 1. The molecule has 5 aliphatic heterocycles. The van der Waals surface area contributed by atoms with E-state index in [0.29, 0.717) is 139 Å². The summed E-state index contributed by atoms with van der Waals surface area (Å²) in [6, 6.07) is 19.2. The first-order chi connectivity index (χ1) is 33.9. The predicted octanol–water partition coefficient (Wildman–Crippen LogP) is 11.1. The van der Waals surface area contributed by atoms with E-state index >= 15 is 0 Å². The molecule has 71 heavy (non-hydrogen) atoms. The molecule has 0 bridgehead atoms. The third-order valence-electron chi connectivity index (χ3n) is 14.9. The van der Waals surface area contributed by atoms with E-state index in [1.54, 1.807) is 63.7 Å². The molecule has 0 aliphatic carbocycles. The van der Waals surface area contributed by atoms with Gasteiger partial charge in [-0.15, -0.1) is 0 Å². The lowest BCUT2D eigenvalue weighted by molar-refractivity contribution is -0.139. The summed E-state index contributed by atoms with van der Waals surface area (Å²) < 4.78 is 45.4. The van der Waals surface area contributed by atoms with Crippen LogP contribution in [0.1, 0.15) is 85.5 Å². The number of hydrogen-bond acceptors (Lipinski definition) is 9. The molecule has 2 atom stereocenters. The number of carboxylic acids is 1. The molecule has 1 N–H and O–H groups in total. The van der Waals surface area contributed by atoms with Gasteiger partial charge in [0.05, 0.1) is 49.4 Å². The van der Waals surface area contributed by atoms with Crippen molar-refractivity contribution in [2.75, 3.05) is 83.4 Å². The van der Waals surface area contributed by atoms with E-state index in [4.69, 9.17) is 60.6 Å². The summed E-state index contributed by atoms with van der Waals surface area (Å²) in [6.07, 6.45) is 4.08. The van der Waals surface area contributed by atoms with E-state index in [2.05, 4.69) is 9.80 Å². The second-order valence-corrected chi connectivity index (χ2v) is 20.6. The zero-order chi connectivity index (χ0) is 50.8. The number of benzene rings is 4. The van der Waals surface area contributed by atoms with E-state index < -0.39 is 35.3 Å². The molecule has 0 aromatic heterocycles. The third-order valence-corrected chi connectivity index (χ3v) is 16.4. The molecule has 0 radical (unpaired) electrons. The fourth-order valence-corrected chi connectivity index (χ4v) is 11.2. The van der Waals surface area contributed by atoms with Crippen LogP contribution in [-0.4, -0.2) is 124 Å². The Morgan fingerprint density at radius 2 is 1.07 bits per heavy atom. The number of fused-ring (bicyclic) bond motifs is 4. The van der Waals surface area contributed by atoms with Crippen molar-refractivity contribution in [1.82, 2.24) is 14.7 Å². The standard InChI is InChI=1S/C29H34Cl2FN3O4.C23H23Cl2FN2O4/c1-33-26-6-4-20(32)18-23(26)29(39-28(33)37)10-15-34(16-11-29)12-9-22(19-3-5-24(30)25(31)17-19)27(36)35-13-7-21(38-2)8-14-35;1-27-20-5-3-15(26)13-17(20)23(32-22(27)31)7-10-28(11-8-23)9-6-16(21(29)30)14-2-4-18(24)19(25)12-14/h3-6,17-18,21-22H,7-16H2,1-2H3;2-5,12-13,16H,6-11H2,1H3,(H,29,30). The zero-order valence-corrected chi connectivity index (χ0v) is 42.8. The van der Waals surface area contributed by atoms with Crippen molar-refractivity contribution in [2.24, 2.45) is 0 Å². The Morgan fingerprint density at radius 1 is 0.648 bits per heavy atom. The van der Waals surface area contributed by atoms with Gasteiger partial charge in [-0.25, -0.2) is 18.4 Å². The van der Waals surface area contributed by atoms with E-state index in [0.717, 1.165) is 18.4 Å². The average molecular weight is 1060 g/mol. The molecule has 380 valence electrons. The number of amides is 3. The van der Waals surface area contributed by atoms with Gasteiger partial charge in [-0.1, -0.05) is 58.5 Å². The van der Waals surface area contributed by atoms with Gasteiger partial charge in [-0.2, -0.15) is 0 Å². The van der Waals surface area contributed by atoms with Crippen LogP contribution in [0.2, 0.25) is 20.1 Å². The minimum Gasteiger partial charge on any atom is -0.481 e. The molecule has 13 nitrogen and oxygen atoms in total. The maximum atomic E-state index is 14.2. The SMILES string of the molecule is CN1C(=O)OC2(CCN(CCC(C(=O)O)c3ccc(Cl)c(Cl)c3)CC2)c2cc(F)ccc21.COC1CCN(C(=O)C(CCN2CCC3(CC2)OC(=O)N(C)c2ccc(F)cc23)c2ccc(Cl)c(Cl)c2)CC1. The summed E-state index contributed by atoms with van der Waals surface area (Å²) in [5.41, 5.74) is 2.48. The van der Waals surface area contributed by atoms with Crippen molar-refractivity contribution in [3.05, 3.63) is 127 Å². The Bertz CT molecular complexity index is 2640. The molecule has 5 heterocycles. The fraction of sp³-hybridized carbons (Fsp3) is 0.462. The smallest absolute Gasteiger partial charge is 0.414 e. The van der Waals surface area contributed by atoms with Crippen molar-refractivity contribution in [2.45, 2.75) is 80.5 Å². The quantitative estimate of drug-likeness (QED) is 0.155. The summed E-state index contributed by atoms with van der Waals surface area (Å²) in [6.45, 7) is 5.08. The minimum absolute atomic E-state index is 0.0880. The number of piperidine rings is 3. The topological polar surface area (TPSA) is 132 Å². The van der Waals surface area contributed by atoms with E-state index in [1.807, 2.05) is 11.0 Å². The highest BCUT2D eigenvalue weighted by molar-refractivity contribution is 6.42. The molecule has 0 saturated carbocycles. The van der Waals surface area contributed by atoms with Gasteiger partial charge in [-0.3, -0.25) is 19.4 Å². The number of carbonyl (C=O) groups is 4. The van der Waals surface area contributed by atoms with Crippen molar-refractivity contribution in [1.29, 1.82) is 0 Å². The summed E-state index contributed by atoms with van der Waals surface area (Å²) >= 11 is 24.5. The number of ether oxygens (including phenoxy) is 3. The lowest BCUT2D eigenvalue weighted by Crippen LogP contribution is -2.51. The molecule has 5 aliphatic rings. The first-order valence-electron chi connectivity index (χ1n) is 23.8. The first-order valence-corrected chi connectivity index (χ1v) is 25.3. The van der Waals surface area contributed by atoms with Gasteiger partial charge in [-0.05, 0) is 111 Å². The van der Waals surface area contributed by atoms with Gasteiger partial charge in [0.25, 0.3) is 0 Å². The van der Waals surface area contributed by atoms with E-state index in [-0.39, 0.29) is 29.6 Å². The van der Waals surface area contributed by atoms with Gasteiger partial charge in [0, 0.05) is 97.3 Å². The van der Waals surface area contributed by atoms with Gasteiger partial charge in [0.1, 0.15) is 22.8 Å². The number of rotatable bonds is 11. The predicted molar refractivity (Wildman–Crippen MR) is 269 cm³/mol. The monoisotopic (exact) mass is 1060 g/mol. The second-order valence-electron chi connectivity index (χ2n) is 19.0. The Morgan fingerprint density at radius 3 is 1.48 bits per heavy atom. The van der Waals surface area contributed by atoms with Gasteiger partial charge in [0.15, 0.2) is 0 Å². The molecular formula is C52H57Cl4F2N5O8. The molecule has 2 unspecified atom stereocenters. The first kappa shape index (κ1) is 52.6. The van der Waals surface area contributed by atoms with Crippen LogP contribution in [0.25, 0.3) is 0 Å². The van der Waals surface area contributed by atoms with Crippen LogP contribution < -0.4 is 9.80 Å². The van der Waals surface area contributed by atoms with Gasteiger partial charge < -0.3 is 34.0 Å². The Labute approximate surface area is 432 Å². The lowest BCUT2D eigenvalue weighted by Gasteiger charge is -2.46. The molecule has 19 heteroatoms. The molecule has 4 aromatic carbocycles. The molecule has 9 rings (SSSR count). The van der Waals surface area contributed by atoms with Crippen molar-refractivity contribution >= 4 is 81.8 Å². The lowest BCUT2D eigenvalue weighted by atomic mass is 9.81. The van der Waals surface area contributed by atoms with Crippen LogP contribution in [-0.2, 0) is 35.0 Å². The number of halogens is 6. The van der Waals surface area contributed by atoms with E-state index in [1.165, 1.54) is 34.1 Å². The molecule has 3 fully saturated rings. The highest BCUT2D eigenvalue weighted by Crippen LogP contribution is 2.47. The second kappa shape index (κ2) is 22.2. The van der Waals surface area contributed by atoms with Crippen molar-refractivity contribution < 1.29 is 47.3 Å². The van der Waals surface area contributed by atoms with Gasteiger partial charge in [0.2, 0.25) is 5.91 Å². The summed E-state index contributed by atoms with van der Waals surface area (Å²) in [5.74, 6) is -2.62. The molecule has 3 saturated heterocycles. The summed E-state index contributed by atoms with van der Waals surface area (Å²) in [5, 5.41) is 11.3. The summed E-state index contributed by atoms with van der Waals surface area (Å²) in [4.78, 5) is 59.8. The van der Waals surface area contributed by atoms with Crippen LogP contribution >= 0.6 is 46.4 Å². The highest BCUT2D eigenvalue weighted by atomic mass is 35.5. The highest BCUT2D eigenvalue weighted by Gasteiger charge is 2.48. The van der Waals surface area contributed by atoms with Crippen molar-refractivity contribution in [3.8, 4) is 0 Å². The summed E-state index contributed by atoms with van der Waals surface area (Å²) in [7, 11) is 4.96. The Hall–Kier alpha value is -4.74. The number of likely N-dealkylation sites (tertiary alicyclic amines) is 3. The number of nitrogens with zero attached hydrogens (tertiary/aromatic N) is 5. The fourth-order valence-electron chi connectivity index (χ4n) is 10.6. The zero-order valence-electron chi connectivity index (χ0n) is 39.8. The van der Waals surface area contributed by atoms with Crippen LogP contribution in [0, 0.1) is 11.6 Å². The number of carbonyl (C=O) groups excluding carboxylic acids is 3. The normalized spacial score (nSPS) is 19.8. The Kier molecular flexibility index (Phi) is 16.4. The minimum atomic E-state index is -0.925. The van der Waals surface area contributed by atoms with Crippen molar-refractivity contribution in [3.63, 3.8) is 0 Å². The number of aliphatic carboxylic acids is 1. The molecule has 2 spiro atoms. The van der Waals surface area contributed by atoms with E-state index in [9.17, 15) is 33.1 Å². The number of methoxy groups -OCH3 is 1. The molecular weight excluding hydrogens is 1000 g/mol.